The van der Waals surface area contributed by atoms with Crippen molar-refractivity contribution in [3.05, 3.63) is 40.5 Å². The Morgan fingerprint density at radius 2 is 2.20 bits per heavy atom. The van der Waals surface area contributed by atoms with Crippen LogP contribution in [0.1, 0.15) is 36.4 Å². The van der Waals surface area contributed by atoms with Crippen LogP contribution in [0, 0.1) is 0 Å². The molecule has 20 heavy (non-hydrogen) atoms. The van der Waals surface area contributed by atoms with E-state index in [1.54, 1.807) is 19.5 Å². The highest BCUT2D eigenvalue weighted by Crippen LogP contribution is 2.24. The van der Waals surface area contributed by atoms with Gasteiger partial charge in [0.25, 0.3) is 0 Å². The zero-order valence-corrected chi connectivity index (χ0v) is 12.8. The molecule has 5 heteroatoms. The second kappa shape index (κ2) is 7.97. The maximum Gasteiger partial charge on any atom is 0.236 e. The Morgan fingerprint density at radius 3 is 2.90 bits per heavy atom. The van der Waals surface area contributed by atoms with Crippen LogP contribution in [-0.2, 0) is 6.42 Å². The van der Waals surface area contributed by atoms with Crippen LogP contribution < -0.4 is 10.1 Å². The first-order valence-electron chi connectivity index (χ1n) is 6.95. The number of rotatable bonds is 8. The number of hydrogen-bond donors (Lipinski definition) is 1. The summed E-state index contributed by atoms with van der Waals surface area (Å²) in [4.78, 5) is 10.1. The lowest BCUT2D eigenvalue weighted by molar-refractivity contribution is 0.372. The number of aryl methyl sites for hydroxylation is 1. The fourth-order valence-corrected chi connectivity index (χ4v) is 3.00. The molecule has 108 valence electrons. The first-order chi connectivity index (χ1) is 9.85. The average Bonchev–Trinajstić information content (AvgIpc) is 2.99. The van der Waals surface area contributed by atoms with Crippen LogP contribution in [0.4, 0.5) is 0 Å². The maximum atomic E-state index is 5.31. The van der Waals surface area contributed by atoms with Crippen LogP contribution in [0.2, 0.25) is 0 Å². The lowest BCUT2D eigenvalue weighted by atomic mass is 10.1. The summed E-state index contributed by atoms with van der Waals surface area (Å²) < 4.78 is 5.31. The molecule has 0 saturated carbocycles. The molecule has 2 aromatic rings. The highest BCUT2D eigenvalue weighted by molar-refractivity contribution is 7.09. The Hall–Kier alpha value is -1.46. The van der Waals surface area contributed by atoms with Crippen molar-refractivity contribution >= 4 is 11.3 Å². The molecule has 1 N–H and O–H groups in total. The minimum atomic E-state index is 0.198. The summed E-state index contributed by atoms with van der Waals surface area (Å²) in [6.07, 6.45) is 6.65. The molecule has 1 unspecified atom stereocenters. The first kappa shape index (κ1) is 14.9. The molecule has 0 aliphatic carbocycles. The van der Waals surface area contributed by atoms with Gasteiger partial charge in [0.15, 0.2) is 0 Å². The summed E-state index contributed by atoms with van der Waals surface area (Å²) in [7, 11) is 1.64. The number of thiophene rings is 1. The monoisotopic (exact) mass is 291 g/mol. The molecule has 0 radical (unpaired) electrons. The van der Waals surface area contributed by atoms with E-state index in [1.807, 2.05) is 11.3 Å². The van der Waals surface area contributed by atoms with Crippen molar-refractivity contribution in [1.29, 1.82) is 0 Å². The van der Waals surface area contributed by atoms with Gasteiger partial charge in [-0.2, -0.15) is 0 Å². The number of hydrogen-bond acceptors (Lipinski definition) is 5. The van der Waals surface area contributed by atoms with Gasteiger partial charge < -0.3 is 10.1 Å². The molecule has 0 aliphatic rings. The van der Waals surface area contributed by atoms with E-state index in [4.69, 9.17) is 4.74 Å². The van der Waals surface area contributed by atoms with Crippen LogP contribution in [0.3, 0.4) is 0 Å². The SMILES string of the molecule is CCNC(CCCc1cccs1)c1nccnc1OC. The molecule has 0 bridgehead atoms. The van der Waals surface area contributed by atoms with Crippen molar-refractivity contribution in [2.24, 2.45) is 0 Å². The van der Waals surface area contributed by atoms with E-state index in [-0.39, 0.29) is 6.04 Å². The third-order valence-corrected chi connectivity index (χ3v) is 4.10. The maximum absolute atomic E-state index is 5.31. The fourth-order valence-electron chi connectivity index (χ4n) is 2.25. The van der Waals surface area contributed by atoms with Crippen molar-refractivity contribution < 1.29 is 4.74 Å². The quantitative estimate of drug-likeness (QED) is 0.811. The van der Waals surface area contributed by atoms with Gasteiger partial charge in [-0.15, -0.1) is 11.3 Å². The van der Waals surface area contributed by atoms with E-state index in [1.165, 1.54) is 4.88 Å². The normalized spacial score (nSPS) is 12.3. The predicted octanol–water partition coefficient (Wildman–Crippen LogP) is 3.22. The Labute approximate surface area is 124 Å². The first-order valence-corrected chi connectivity index (χ1v) is 7.83. The van der Waals surface area contributed by atoms with Gasteiger partial charge in [0.05, 0.1) is 13.2 Å². The van der Waals surface area contributed by atoms with Crippen molar-refractivity contribution in [1.82, 2.24) is 15.3 Å². The zero-order chi connectivity index (χ0) is 14.2. The number of methoxy groups -OCH3 is 1. The molecule has 0 fully saturated rings. The molecular weight excluding hydrogens is 270 g/mol. The highest BCUT2D eigenvalue weighted by Gasteiger charge is 2.17. The van der Waals surface area contributed by atoms with E-state index < -0.39 is 0 Å². The van der Waals surface area contributed by atoms with E-state index in [0.717, 1.165) is 31.5 Å². The Morgan fingerprint density at radius 1 is 1.35 bits per heavy atom. The second-order valence-corrected chi connectivity index (χ2v) is 5.56. The summed E-state index contributed by atoms with van der Waals surface area (Å²) in [5, 5.41) is 5.60. The molecule has 1 atom stereocenters. The lowest BCUT2D eigenvalue weighted by Gasteiger charge is -2.18. The van der Waals surface area contributed by atoms with Gasteiger partial charge in [-0.25, -0.2) is 4.98 Å². The number of nitrogens with one attached hydrogen (secondary N) is 1. The van der Waals surface area contributed by atoms with Crippen LogP contribution in [0.15, 0.2) is 29.9 Å². The van der Waals surface area contributed by atoms with Crippen molar-refractivity contribution in [3.63, 3.8) is 0 Å². The highest BCUT2D eigenvalue weighted by atomic mass is 32.1. The second-order valence-electron chi connectivity index (χ2n) is 4.53. The van der Waals surface area contributed by atoms with Crippen molar-refractivity contribution in [2.75, 3.05) is 13.7 Å². The third kappa shape index (κ3) is 4.02. The average molecular weight is 291 g/mol. The van der Waals surface area contributed by atoms with E-state index in [9.17, 15) is 0 Å². The van der Waals surface area contributed by atoms with Crippen LogP contribution in [0.5, 0.6) is 5.88 Å². The molecule has 0 aromatic carbocycles. The Balaban J connectivity index is 1.99. The fraction of sp³-hybridized carbons (Fsp3) is 0.467. The van der Waals surface area contributed by atoms with Crippen molar-refractivity contribution in [3.8, 4) is 5.88 Å². The molecule has 2 aromatic heterocycles. The summed E-state index contributed by atoms with van der Waals surface area (Å²) in [5.41, 5.74) is 0.906. The number of aromatic nitrogens is 2. The summed E-state index contributed by atoms with van der Waals surface area (Å²) in [6, 6.07) is 4.49. The molecule has 0 amide bonds. The van der Waals surface area contributed by atoms with E-state index >= 15 is 0 Å². The van der Waals surface area contributed by atoms with Crippen LogP contribution in [-0.4, -0.2) is 23.6 Å². The van der Waals surface area contributed by atoms with Gasteiger partial charge >= 0.3 is 0 Å². The van der Waals surface area contributed by atoms with Gasteiger partial charge in [-0.05, 0) is 37.3 Å². The molecule has 0 saturated heterocycles. The lowest BCUT2D eigenvalue weighted by Crippen LogP contribution is -2.23. The minimum Gasteiger partial charge on any atom is -0.480 e. The van der Waals surface area contributed by atoms with Gasteiger partial charge in [0.1, 0.15) is 5.69 Å². The largest absolute Gasteiger partial charge is 0.480 e. The standard InChI is InChI=1S/C15H21N3OS/c1-3-16-13(8-4-6-12-7-5-11-20-12)14-15(19-2)18-10-9-17-14/h5,7,9-11,13,16H,3-4,6,8H2,1-2H3. The van der Waals surface area contributed by atoms with E-state index in [0.29, 0.717) is 5.88 Å². The van der Waals surface area contributed by atoms with Gasteiger partial charge in [-0.3, -0.25) is 4.98 Å². The molecule has 0 spiro atoms. The summed E-state index contributed by atoms with van der Waals surface area (Å²) in [5.74, 6) is 0.620. The van der Waals surface area contributed by atoms with Crippen LogP contribution in [0.25, 0.3) is 0 Å². The predicted molar refractivity (Wildman–Crippen MR) is 82.3 cm³/mol. The topological polar surface area (TPSA) is 47.0 Å². The van der Waals surface area contributed by atoms with Gasteiger partial charge in [0, 0.05) is 17.3 Å². The molecule has 2 rings (SSSR count). The van der Waals surface area contributed by atoms with Crippen molar-refractivity contribution in [2.45, 2.75) is 32.2 Å². The molecule has 0 aliphatic heterocycles. The van der Waals surface area contributed by atoms with E-state index in [2.05, 4.69) is 39.7 Å². The van der Waals surface area contributed by atoms with Gasteiger partial charge in [-0.1, -0.05) is 13.0 Å². The summed E-state index contributed by atoms with van der Waals surface area (Å²) >= 11 is 1.82. The molecule has 4 nitrogen and oxygen atoms in total. The molecule has 2 heterocycles. The third-order valence-electron chi connectivity index (χ3n) is 3.16. The van der Waals surface area contributed by atoms with Crippen LogP contribution >= 0.6 is 11.3 Å². The number of nitrogens with zero attached hydrogens (tertiary/aromatic N) is 2. The summed E-state index contributed by atoms with van der Waals surface area (Å²) in [6.45, 7) is 3.01. The Kier molecular flexibility index (Phi) is 5.95. The Bertz CT molecular complexity index is 502. The minimum absolute atomic E-state index is 0.198. The van der Waals surface area contributed by atoms with Gasteiger partial charge in [0.2, 0.25) is 5.88 Å². The molecular formula is C15H21N3OS. The number of ether oxygens (including phenoxy) is 1. The smallest absolute Gasteiger partial charge is 0.236 e. The zero-order valence-electron chi connectivity index (χ0n) is 12.0.